The summed E-state index contributed by atoms with van der Waals surface area (Å²) in [6.45, 7) is 0.302. The van der Waals surface area contributed by atoms with Gasteiger partial charge in [0, 0.05) is 30.1 Å². The Morgan fingerprint density at radius 3 is 2.64 bits per heavy atom. The molecule has 2 saturated heterocycles. The third kappa shape index (κ3) is 4.19. The highest BCUT2D eigenvalue weighted by Crippen LogP contribution is 2.40. The van der Waals surface area contributed by atoms with Gasteiger partial charge in [-0.05, 0) is 43.7 Å². The summed E-state index contributed by atoms with van der Waals surface area (Å²) in [7, 11) is 1.73. The molecular formula is C24H32ClN5O3. The molecule has 0 aromatic heterocycles. The van der Waals surface area contributed by atoms with Gasteiger partial charge in [-0.25, -0.2) is 4.79 Å². The number of hydrogen-bond donors (Lipinski definition) is 2. The zero-order valence-electron chi connectivity index (χ0n) is 19.0. The van der Waals surface area contributed by atoms with Gasteiger partial charge in [0.25, 0.3) is 0 Å². The Morgan fingerprint density at radius 1 is 1.12 bits per heavy atom. The molecule has 0 radical (unpaired) electrons. The normalized spacial score (nSPS) is 30.3. The summed E-state index contributed by atoms with van der Waals surface area (Å²) < 4.78 is 0. The zero-order chi connectivity index (χ0) is 23.1. The number of urea groups is 1. The molecular weight excluding hydrogens is 442 g/mol. The van der Waals surface area contributed by atoms with Gasteiger partial charge in [0.1, 0.15) is 0 Å². The average molecular weight is 474 g/mol. The van der Waals surface area contributed by atoms with Crippen LogP contribution in [0, 0.1) is 11.8 Å². The molecule has 4 unspecified atom stereocenters. The van der Waals surface area contributed by atoms with Gasteiger partial charge in [-0.2, -0.15) is 5.43 Å². The second-order valence-electron chi connectivity index (χ2n) is 9.85. The monoisotopic (exact) mass is 473 g/mol. The Bertz CT molecular complexity index is 936. The molecule has 33 heavy (non-hydrogen) atoms. The molecule has 2 saturated carbocycles. The molecule has 2 N–H and O–H groups in total. The van der Waals surface area contributed by atoms with Crippen LogP contribution >= 0.6 is 11.6 Å². The second kappa shape index (κ2) is 9.14. The Balaban J connectivity index is 1.32. The standard InChI is InChI=1S/C24H32ClN5O3/c1-28-22(32)18-12-11-15(21(31)26-17-8-3-2-4-9-17)13-20(18)30-23(28)27-29(24(30)33)14-16-7-5-6-10-19(16)25/h5-7,10,15,17-18,20,23,27H,2-4,8-9,11-14H2,1H3,(H,26,31). The number of rotatable bonds is 4. The summed E-state index contributed by atoms with van der Waals surface area (Å²) in [4.78, 5) is 43.0. The van der Waals surface area contributed by atoms with Gasteiger partial charge in [-0.1, -0.05) is 49.1 Å². The first-order valence-electron chi connectivity index (χ1n) is 12.1. The van der Waals surface area contributed by atoms with Gasteiger partial charge in [0.15, 0.2) is 6.29 Å². The predicted octanol–water partition coefficient (Wildman–Crippen LogP) is 3.07. The molecule has 9 heteroatoms. The van der Waals surface area contributed by atoms with Crippen LogP contribution in [0.4, 0.5) is 4.79 Å². The molecule has 2 aliphatic heterocycles. The number of carbonyl (C=O) groups excluding carboxylic acids is 3. The van der Waals surface area contributed by atoms with Crippen LogP contribution in [0.2, 0.25) is 5.02 Å². The van der Waals surface area contributed by atoms with Crippen LogP contribution in [-0.4, -0.2) is 58.1 Å². The van der Waals surface area contributed by atoms with Crippen LogP contribution in [-0.2, 0) is 16.1 Å². The molecule has 1 aromatic rings. The van der Waals surface area contributed by atoms with E-state index in [1.807, 2.05) is 18.2 Å². The van der Waals surface area contributed by atoms with Crippen LogP contribution in [0.3, 0.4) is 0 Å². The quantitative estimate of drug-likeness (QED) is 0.703. The highest BCUT2D eigenvalue weighted by Gasteiger charge is 2.55. The third-order valence-corrected chi connectivity index (χ3v) is 8.17. The maximum atomic E-state index is 13.5. The molecule has 0 bridgehead atoms. The lowest BCUT2D eigenvalue weighted by Gasteiger charge is -2.48. The van der Waals surface area contributed by atoms with E-state index in [1.54, 1.807) is 22.9 Å². The Morgan fingerprint density at radius 2 is 1.88 bits per heavy atom. The van der Waals surface area contributed by atoms with Crippen LogP contribution in [0.25, 0.3) is 0 Å². The summed E-state index contributed by atoms with van der Waals surface area (Å²) in [5.41, 5.74) is 4.03. The lowest BCUT2D eigenvalue weighted by atomic mass is 9.75. The largest absolute Gasteiger partial charge is 0.353 e. The van der Waals surface area contributed by atoms with Gasteiger partial charge in [-0.15, -0.1) is 0 Å². The molecule has 4 fully saturated rings. The first-order valence-corrected chi connectivity index (χ1v) is 12.5. The number of hydrogen-bond acceptors (Lipinski definition) is 4. The van der Waals surface area contributed by atoms with E-state index >= 15 is 0 Å². The van der Waals surface area contributed by atoms with Crippen LogP contribution in [0.15, 0.2) is 24.3 Å². The summed E-state index contributed by atoms with van der Waals surface area (Å²) in [6.07, 6.45) is 6.94. The summed E-state index contributed by atoms with van der Waals surface area (Å²) in [5.74, 6) is -0.325. The fraction of sp³-hybridized carbons (Fsp3) is 0.625. The SMILES string of the molecule is CN1C(=O)C2CCC(C(=O)NC3CCCCC3)CC2N2C(=O)N(Cc3ccccc3Cl)NC12. The van der Waals surface area contributed by atoms with E-state index < -0.39 is 6.29 Å². The van der Waals surface area contributed by atoms with Crippen molar-refractivity contribution in [1.29, 1.82) is 0 Å². The zero-order valence-corrected chi connectivity index (χ0v) is 19.8. The van der Waals surface area contributed by atoms with Crippen molar-refractivity contribution in [3.8, 4) is 0 Å². The Labute approximate surface area is 199 Å². The van der Waals surface area contributed by atoms with Crippen molar-refractivity contribution in [1.82, 2.24) is 25.6 Å². The van der Waals surface area contributed by atoms with Crippen LogP contribution < -0.4 is 10.7 Å². The molecule has 4 atom stereocenters. The molecule has 178 valence electrons. The molecule has 2 aliphatic carbocycles. The smallest absolute Gasteiger partial charge is 0.337 e. The number of amides is 4. The first kappa shape index (κ1) is 22.5. The maximum Gasteiger partial charge on any atom is 0.337 e. The maximum absolute atomic E-state index is 13.5. The molecule has 5 rings (SSSR count). The summed E-state index contributed by atoms with van der Waals surface area (Å²) in [6, 6.07) is 7.22. The van der Waals surface area contributed by atoms with E-state index in [1.165, 1.54) is 11.4 Å². The number of halogens is 1. The number of fused-ring (bicyclic) bond motifs is 3. The van der Waals surface area contributed by atoms with Crippen molar-refractivity contribution < 1.29 is 14.4 Å². The van der Waals surface area contributed by atoms with Gasteiger partial charge in [-0.3, -0.25) is 19.5 Å². The minimum absolute atomic E-state index is 0.0345. The first-order chi connectivity index (χ1) is 15.9. The Kier molecular flexibility index (Phi) is 6.22. The van der Waals surface area contributed by atoms with Crippen molar-refractivity contribution in [2.75, 3.05) is 7.05 Å². The average Bonchev–Trinajstić information content (AvgIpc) is 3.15. The minimum Gasteiger partial charge on any atom is -0.353 e. The Hall–Kier alpha value is -2.32. The molecule has 2 heterocycles. The fourth-order valence-electron chi connectivity index (χ4n) is 5.94. The number of benzene rings is 1. The highest BCUT2D eigenvalue weighted by molar-refractivity contribution is 6.31. The summed E-state index contributed by atoms with van der Waals surface area (Å²) >= 11 is 6.31. The van der Waals surface area contributed by atoms with E-state index in [4.69, 9.17) is 11.6 Å². The number of carbonyl (C=O) groups is 3. The van der Waals surface area contributed by atoms with E-state index in [9.17, 15) is 14.4 Å². The summed E-state index contributed by atoms with van der Waals surface area (Å²) in [5, 5.41) is 5.37. The van der Waals surface area contributed by atoms with Crippen molar-refractivity contribution in [3.63, 3.8) is 0 Å². The lowest BCUT2D eigenvalue weighted by Crippen LogP contribution is -2.66. The van der Waals surface area contributed by atoms with Gasteiger partial charge >= 0.3 is 6.03 Å². The number of nitrogens with one attached hydrogen (secondary N) is 2. The van der Waals surface area contributed by atoms with E-state index in [2.05, 4.69) is 10.7 Å². The lowest BCUT2D eigenvalue weighted by molar-refractivity contribution is -0.156. The highest BCUT2D eigenvalue weighted by atomic mass is 35.5. The topological polar surface area (TPSA) is 85.0 Å². The van der Waals surface area contributed by atoms with Gasteiger partial charge in [0.05, 0.1) is 12.5 Å². The van der Waals surface area contributed by atoms with Crippen molar-refractivity contribution in [2.24, 2.45) is 11.8 Å². The third-order valence-electron chi connectivity index (χ3n) is 7.80. The van der Waals surface area contributed by atoms with Crippen molar-refractivity contribution in [2.45, 2.75) is 76.3 Å². The second-order valence-corrected chi connectivity index (χ2v) is 10.3. The molecule has 8 nitrogen and oxygen atoms in total. The van der Waals surface area contributed by atoms with E-state index in [-0.39, 0.29) is 41.8 Å². The van der Waals surface area contributed by atoms with E-state index in [0.717, 1.165) is 31.2 Å². The number of hydrazine groups is 1. The molecule has 4 aliphatic rings. The van der Waals surface area contributed by atoms with Gasteiger partial charge in [0.2, 0.25) is 11.8 Å². The molecule has 4 amide bonds. The van der Waals surface area contributed by atoms with Crippen molar-refractivity contribution >= 4 is 29.4 Å². The van der Waals surface area contributed by atoms with Crippen molar-refractivity contribution in [3.05, 3.63) is 34.9 Å². The fourth-order valence-corrected chi connectivity index (χ4v) is 6.13. The van der Waals surface area contributed by atoms with Gasteiger partial charge < -0.3 is 10.2 Å². The number of nitrogens with zero attached hydrogens (tertiary/aromatic N) is 3. The van der Waals surface area contributed by atoms with E-state index in [0.29, 0.717) is 30.8 Å². The molecule has 0 spiro atoms. The minimum atomic E-state index is -0.547. The van der Waals surface area contributed by atoms with Crippen LogP contribution in [0.5, 0.6) is 0 Å². The predicted molar refractivity (Wildman–Crippen MR) is 124 cm³/mol. The van der Waals surface area contributed by atoms with Crippen LogP contribution in [0.1, 0.15) is 56.9 Å². The molecule has 1 aromatic carbocycles.